The van der Waals surface area contributed by atoms with Crippen LogP contribution in [0.25, 0.3) is 0 Å². The Morgan fingerprint density at radius 2 is 2.10 bits per heavy atom. The zero-order valence-corrected chi connectivity index (χ0v) is 13.2. The average Bonchev–Trinajstić information content (AvgIpc) is 2.74. The average molecular weight is 315 g/mol. The van der Waals surface area contributed by atoms with Crippen LogP contribution in [0, 0.1) is 12.3 Å². The van der Waals surface area contributed by atoms with E-state index in [9.17, 15) is 13.2 Å². The minimum atomic E-state index is -3.92. The molecule has 0 radical (unpaired) electrons. The molecule has 1 aliphatic carbocycles. The van der Waals surface area contributed by atoms with Gasteiger partial charge in [-0.3, -0.25) is 5.10 Å². The molecule has 1 aliphatic rings. The lowest BCUT2D eigenvalue weighted by atomic mass is 9.74. The second-order valence-electron chi connectivity index (χ2n) is 6.24. The second-order valence-corrected chi connectivity index (χ2v) is 7.89. The number of aryl methyl sites for hydroxylation is 1. The first-order valence-corrected chi connectivity index (χ1v) is 8.44. The van der Waals surface area contributed by atoms with Gasteiger partial charge in [0.25, 0.3) is 0 Å². The lowest BCUT2D eigenvalue weighted by molar-refractivity contribution is 0.0686. The van der Waals surface area contributed by atoms with Gasteiger partial charge in [0.2, 0.25) is 10.0 Å². The third-order valence-electron chi connectivity index (χ3n) is 4.17. The van der Waals surface area contributed by atoms with E-state index in [1.807, 2.05) is 13.8 Å². The van der Waals surface area contributed by atoms with Crippen LogP contribution in [-0.2, 0) is 10.0 Å². The van der Waals surface area contributed by atoms with E-state index in [1.165, 1.54) is 6.92 Å². The molecule has 1 aromatic rings. The van der Waals surface area contributed by atoms with Gasteiger partial charge in [-0.25, -0.2) is 17.9 Å². The third-order valence-corrected chi connectivity index (χ3v) is 5.80. The summed E-state index contributed by atoms with van der Waals surface area (Å²) in [6.07, 6.45) is 3.74. The van der Waals surface area contributed by atoms with E-state index < -0.39 is 21.7 Å². The number of H-pyrrole nitrogens is 1. The van der Waals surface area contributed by atoms with Crippen LogP contribution in [0.15, 0.2) is 4.90 Å². The maximum absolute atomic E-state index is 12.6. The van der Waals surface area contributed by atoms with Crippen LogP contribution in [0.3, 0.4) is 0 Å². The van der Waals surface area contributed by atoms with E-state index in [0.717, 1.165) is 25.7 Å². The van der Waals surface area contributed by atoms with Crippen molar-refractivity contribution in [2.75, 3.05) is 0 Å². The molecule has 1 aromatic heterocycles. The summed E-state index contributed by atoms with van der Waals surface area (Å²) in [4.78, 5) is 10.9. The molecule has 1 unspecified atom stereocenters. The minimum Gasteiger partial charge on any atom is -0.476 e. The second kappa shape index (κ2) is 5.42. The monoisotopic (exact) mass is 315 g/mol. The molecule has 0 bridgehead atoms. The topological polar surface area (TPSA) is 112 Å². The molecule has 1 saturated carbocycles. The van der Waals surface area contributed by atoms with Crippen LogP contribution in [-0.4, -0.2) is 35.7 Å². The van der Waals surface area contributed by atoms with Crippen molar-refractivity contribution < 1.29 is 18.3 Å². The van der Waals surface area contributed by atoms with Gasteiger partial charge in [-0.1, -0.05) is 26.7 Å². The molecule has 0 aromatic carbocycles. The Balaban J connectivity index is 2.35. The maximum Gasteiger partial charge on any atom is 0.357 e. The molecule has 0 spiro atoms. The van der Waals surface area contributed by atoms with E-state index in [2.05, 4.69) is 14.9 Å². The van der Waals surface area contributed by atoms with Crippen molar-refractivity contribution in [2.45, 2.75) is 57.4 Å². The van der Waals surface area contributed by atoms with E-state index in [-0.39, 0.29) is 22.0 Å². The fraction of sp³-hybridized carbons (Fsp3) is 0.692. The molecule has 1 fully saturated rings. The Morgan fingerprint density at radius 3 is 2.67 bits per heavy atom. The molecule has 0 amide bonds. The molecule has 3 N–H and O–H groups in total. The van der Waals surface area contributed by atoms with E-state index in [0.29, 0.717) is 0 Å². The van der Waals surface area contributed by atoms with Gasteiger partial charge < -0.3 is 5.11 Å². The van der Waals surface area contributed by atoms with Gasteiger partial charge >= 0.3 is 5.97 Å². The highest BCUT2D eigenvalue weighted by Crippen LogP contribution is 2.36. The van der Waals surface area contributed by atoms with Crippen molar-refractivity contribution in [3.8, 4) is 0 Å². The van der Waals surface area contributed by atoms with Crippen LogP contribution in [0.2, 0.25) is 0 Å². The van der Waals surface area contributed by atoms with Crippen molar-refractivity contribution >= 4 is 16.0 Å². The van der Waals surface area contributed by atoms with Crippen molar-refractivity contribution in [1.82, 2.24) is 14.9 Å². The summed E-state index contributed by atoms with van der Waals surface area (Å²) in [5.41, 5.74) is -0.381. The minimum absolute atomic E-state index is 0.146. The highest BCUT2D eigenvalue weighted by Gasteiger charge is 2.37. The Kier molecular flexibility index (Phi) is 4.12. The summed E-state index contributed by atoms with van der Waals surface area (Å²) in [5.74, 6) is -1.36. The van der Waals surface area contributed by atoms with Crippen molar-refractivity contribution in [3.63, 3.8) is 0 Å². The Hall–Kier alpha value is -1.41. The Labute approximate surface area is 124 Å². The van der Waals surface area contributed by atoms with E-state index >= 15 is 0 Å². The molecule has 21 heavy (non-hydrogen) atoms. The number of aromatic nitrogens is 2. The summed E-state index contributed by atoms with van der Waals surface area (Å²) >= 11 is 0. The number of hydrogen-bond acceptors (Lipinski definition) is 4. The van der Waals surface area contributed by atoms with E-state index in [4.69, 9.17) is 5.11 Å². The number of hydrogen-bond donors (Lipinski definition) is 3. The van der Waals surface area contributed by atoms with Crippen molar-refractivity contribution in [3.05, 3.63) is 11.4 Å². The molecular formula is C13H21N3O4S. The quantitative estimate of drug-likeness (QED) is 0.782. The van der Waals surface area contributed by atoms with Crippen LogP contribution in [0.1, 0.15) is 55.7 Å². The van der Waals surface area contributed by atoms with Gasteiger partial charge in [0.1, 0.15) is 4.90 Å². The largest absolute Gasteiger partial charge is 0.476 e. The first kappa shape index (κ1) is 16.0. The Morgan fingerprint density at radius 1 is 1.43 bits per heavy atom. The molecule has 1 heterocycles. The van der Waals surface area contributed by atoms with Gasteiger partial charge in [0, 0.05) is 6.04 Å². The number of carbonyl (C=O) groups is 1. The number of aromatic amines is 1. The number of sulfonamides is 1. The molecule has 7 nitrogen and oxygen atoms in total. The van der Waals surface area contributed by atoms with Gasteiger partial charge in [-0.2, -0.15) is 5.10 Å². The molecule has 0 aliphatic heterocycles. The van der Waals surface area contributed by atoms with Gasteiger partial charge in [-0.15, -0.1) is 0 Å². The highest BCUT2D eigenvalue weighted by atomic mass is 32.2. The molecule has 2 rings (SSSR count). The zero-order valence-electron chi connectivity index (χ0n) is 12.4. The zero-order chi connectivity index (χ0) is 15.8. The number of aromatic carboxylic acids is 1. The fourth-order valence-electron chi connectivity index (χ4n) is 2.85. The van der Waals surface area contributed by atoms with Gasteiger partial charge in [0.05, 0.1) is 5.69 Å². The standard InChI is InChI=1S/C13H21N3O4S/c1-8-11(10(12(17)18)15-14-8)21(19,20)16-9-6-4-5-7-13(9,2)3/h9,16H,4-7H2,1-3H3,(H,14,15)(H,17,18). The third kappa shape index (κ3) is 3.11. The number of nitrogens with zero attached hydrogens (tertiary/aromatic N) is 1. The van der Waals surface area contributed by atoms with Crippen LogP contribution in [0.4, 0.5) is 0 Å². The number of nitrogens with one attached hydrogen (secondary N) is 2. The first-order valence-electron chi connectivity index (χ1n) is 6.96. The lowest BCUT2D eigenvalue weighted by Crippen LogP contribution is -2.47. The van der Waals surface area contributed by atoms with E-state index in [1.54, 1.807) is 0 Å². The molecule has 1 atom stereocenters. The predicted molar refractivity (Wildman–Crippen MR) is 76.6 cm³/mol. The molecule has 0 saturated heterocycles. The summed E-state index contributed by atoms with van der Waals surface area (Å²) in [7, 11) is -3.92. The molecule has 118 valence electrons. The highest BCUT2D eigenvalue weighted by molar-refractivity contribution is 7.89. The number of carboxylic acids is 1. The number of rotatable bonds is 4. The van der Waals surface area contributed by atoms with Crippen LogP contribution < -0.4 is 4.72 Å². The maximum atomic E-state index is 12.6. The summed E-state index contributed by atoms with van der Waals surface area (Å²) < 4.78 is 27.8. The fourth-order valence-corrected chi connectivity index (χ4v) is 4.62. The Bertz CT molecular complexity index is 648. The first-order chi connectivity index (χ1) is 9.65. The van der Waals surface area contributed by atoms with Crippen LogP contribution >= 0.6 is 0 Å². The van der Waals surface area contributed by atoms with Crippen molar-refractivity contribution in [1.29, 1.82) is 0 Å². The summed E-state index contributed by atoms with van der Waals surface area (Å²) in [6.45, 7) is 5.55. The van der Waals surface area contributed by atoms with Crippen LogP contribution in [0.5, 0.6) is 0 Å². The molecular weight excluding hydrogens is 294 g/mol. The predicted octanol–water partition coefficient (Wildman–Crippen LogP) is 1.66. The lowest BCUT2D eigenvalue weighted by Gasteiger charge is -2.38. The van der Waals surface area contributed by atoms with Gasteiger partial charge in [0.15, 0.2) is 5.69 Å². The number of carboxylic acid groups (broad SMARTS) is 1. The SMILES string of the molecule is Cc1[nH]nc(C(=O)O)c1S(=O)(=O)NC1CCCCC1(C)C. The smallest absolute Gasteiger partial charge is 0.357 e. The van der Waals surface area contributed by atoms with Crippen molar-refractivity contribution in [2.24, 2.45) is 5.41 Å². The molecule has 8 heteroatoms. The normalized spacial score (nSPS) is 22.1. The summed E-state index contributed by atoms with van der Waals surface area (Å²) in [6, 6.07) is -0.202. The summed E-state index contributed by atoms with van der Waals surface area (Å²) in [5, 5.41) is 15.1. The van der Waals surface area contributed by atoms with Gasteiger partial charge in [-0.05, 0) is 25.2 Å².